The Kier molecular flexibility index (Phi) is 11.1. The van der Waals surface area contributed by atoms with E-state index in [1.54, 1.807) is 0 Å². The van der Waals surface area contributed by atoms with Gasteiger partial charge >= 0.3 is 159 Å². The minimum absolute atomic E-state index is 0.945. The summed E-state index contributed by atoms with van der Waals surface area (Å²) in [6, 6.07) is 16.8. The van der Waals surface area contributed by atoms with E-state index in [0.717, 1.165) is 45.9 Å². The molecular weight excluding hydrogens is 327 g/mol. The van der Waals surface area contributed by atoms with Crippen molar-refractivity contribution in [1.29, 1.82) is 0 Å². The number of hydrogen-bond donors (Lipinski definition) is 0. The van der Waals surface area contributed by atoms with Gasteiger partial charge in [0.15, 0.2) is 0 Å². The monoisotopic (exact) mass is 360 g/mol. The van der Waals surface area contributed by atoms with Crippen LogP contribution in [-0.2, 0) is 6.42 Å². The Hall–Kier alpha value is -0.760. The summed E-state index contributed by atoms with van der Waals surface area (Å²) in [7, 11) is 0. The molecule has 0 saturated carbocycles. The summed E-state index contributed by atoms with van der Waals surface area (Å²) in [5.74, 6) is 2.06. The molecule has 136 valence electrons. The summed E-state index contributed by atoms with van der Waals surface area (Å²) >= 11 is 1.02. The molecule has 0 unspecified atom stereocenters. The van der Waals surface area contributed by atoms with Crippen LogP contribution >= 0.6 is 0 Å². The molecule has 2 heteroatoms. The molecule has 0 aliphatic carbocycles. The first-order valence-corrected chi connectivity index (χ1v) is 11.6. The second-order valence-electron chi connectivity index (χ2n) is 7.41. The number of rotatable bonds is 13. The predicted octanol–water partition coefficient (Wildman–Crippen LogP) is 6.74. The number of hydrogen-bond acceptors (Lipinski definition) is 1. The van der Waals surface area contributed by atoms with Gasteiger partial charge in [-0.05, 0) is 0 Å². The van der Waals surface area contributed by atoms with Crippen LogP contribution < -0.4 is 7.55 Å². The van der Waals surface area contributed by atoms with E-state index in [1.165, 1.54) is 72.6 Å². The van der Waals surface area contributed by atoms with Gasteiger partial charge in [-0.2, -0.15) is 0 Å². The number of benzene rings is 2. The zero-order valence-corrected chi connectivity index (χ0v) is 18.8. The first-order valence-electron chi connectivity index (χ1n) is 10.6. The Morgan fingerprint density at radius 1 is 0.692 bits per heavy atom. The van der Waals surface area contributed by atoms with Crippen molar-refractivity contribution >= 4 is 30.7 Å². The van der Waals surface area contributed by atoms with E-state index in [2.05, 4.69) is 25.1 Å². The van der Waals surface area contributed by atoms with Crippen LogP contribution in [0.25, 0.3) is 0 Å². The van der Waals surface area contributed by atoms with E-state index in [9.17, 15) is 0 Å². The molecule has 0 bridgehead atoms. The standard InChI is InChI=1S/C24H33O.Na/c1-2-3-4-5-6-7-8-9-10-12-17-22-18-15-16-21-24(22)25-23-19-13-11-14-20-23;/h11,13-16,18-20H,2-10,12,17H2,1H3;. The van der Waals surface area contributed by atoms with Crippen molar-refractivity contribution < 1.29 is 4.74 Å². The van der Waals surface area contributed by atoms with Crippen LogP contribution in [0.1, 0.15) is 76.7 Å². The van der Waals surface area contributed by atoms with Crippen molar-refractivity contribution in [3.05, 3.63) is 54.1 Å². The fraction of sp³-hybridized carbons (Fsp3) is 0.500. The molecule has 0 heterocycles. The van der Waals surface area contributed by atoms with Crippen molar-refractivity contribution in [2.75, 3.05) is 0 Å². The molecule has 0 aliphatic heterocycles. The van der Waals surface area contributed by atoms with Gasteiger partial charge in [-0.1, -0.05) is 19.8 Å². The zero-order valence-electron chi connectivity index (χ0n) is 16.8. The van der Waals surface area contributed by atoms with E-state index in [0.29, 0.717) is 0 Å². The van der Waals surface area contributed by atoms with E-state index >= 15 is 0 Å². The van der Waals surface area contributed by atoms with Crippen molar-refractivity contribution in [2.45, 2.75) is 77.6 Å². The van der Waals surface area contributed by atoms with Crippen molar-refractivity contribution in [3.8, 4) is 11.5 Å². The summed E-state index contributed by atoms with van der Waals surface area (Å²) in [5, 5.41) is 0. The molecular formula is C24H33NaO. The topological polar surface area (TPSA) is 9.23 Å². The van der Waals surface area contributed by atoms with Crippen LogP contribution in [-0.4, -0.2) is 27.9 Å². The van der Waals surface area contributed by atoms with Crippen LogP contribution in [0.5, 0.6) is 11.5 Å². The first kappa shape index (κ1) is 21.5. The maximum absolute atomic E-state index is 6.22. The van der Waals surface area contributed by atoms with Gasteiger partial charge in [0.25, 0.3) is 0 Å². The quantitative estimate of drug-likeness (QED) is 0.284. The number of aryl methyl sites for hydroxylation is 1. The Morgan fingerprint density at radius 2 is 1.31 bits per heavy atom. The summed E-state index contributed by atoms with van der Waals surface area (Å²) in [6.07, 6.45) is 15.0. The number of para-hydroxylation sites is 2. The summed E-state index contributed by atoms with van der Waals surface area (Å²) in [6.45, 7) is 2.28. The van der Waals surface area contributed by atoms with Gasteiger partial charge < -0.3 is 0 Å². The van der Waals surface area contributed by atoms with Gasteiger partial charge in [-0.25, -0.2) is 0 Å². The Bertz CT molecular complexity index is 609. The Balaban J connectivity index is 1.70. The average molecular weight is 361 g/mol. The third kappa shape index (κ3) is 8.29. The molecule has 0 fully saturated rings. The maximum atomic E-state index is 6.22. The van der Waals surface area contributed by atoms with Crippen LogP contribution in [0.4, 0.5) is 0 Å². The van der Waals surface area contributed by atoms with Gasteiger partial charge in [0, 0.05) is 0 Å². The van der Waals surface area contributed by atoms with Crippen LogP contribution in [0.2, 0.25) is 0 Å². The van der Waals surface area contributed by atoms with E-state index < -0.39 is 0 Å². The van der Waals surface area contributed by atoms with E-state index in [4.69, 9.17) is 4.74 Å². The van der Waals surface area contributed by atoms with Crippen LogP contribution in [0.15, 0.2) is 48.5 Å². The third-order valence-electron chi connectivity index (χ3n) is 5.06. The molecule has 0 aliphatic rings. The van der Waals surface area contributed by atoms with Crippen molar-refractivity contribution in [2.24, 2.45) is 0 Å². The van der Waals surface area contributed by atoms with Gasteiger partial charge in [0.05, 0.1) is 0 Å². The second-order valence-corrected chi connectivity index (χ2v) is 8.49. The third-order valence-corrected chi connectivity index (χ3v) is 5.84. The van der Waals surface area contributed by atoms with Gasteiger partial charge in [0.2, 0.25) is 0 Å². The van der Waals surface area contributed by atoms with E-state index in [1.807, 2.05) is 30.3 Å². The Labute approximate surface area is 178 Å². The zero-order chi connectivity index (χ0) is 18.5. The summed E-state index contributed by atoms with van der Waals surface area (Å²) in [5.41, 5.74) is 1.38. The molecule has 0 amide bonds. The molecule has 26 heavy (non-hydrogen) atoms. The molecule has 2 aromatic carbocycles. The van der Waals surface area contributed by atoms with Crippen LogP contribution in [0.3, 0.4) is 0 Å². The molecule has 0 atom stereocenters. The molecule has 0 N–H and O–H groups in total. The molecule has 1 nitrogen and oxygen atoms in total. The molecule has 0 radical (unpaired) electrons. The molecule has 2 aromatic rings. The van der Waals surface area contributed by atoms with Gasteiger partial charge in [-0.3, -0.25) is 0 Å². The number of ether oxygens (including phenoxy) is 1. The molecule has 0 saturated heterocycles. The Morgan fingerprint density at radius 3 is 1.96 bits per heavy atom. The van der Waals surface area contributed by atoms with Gasteiger partial charge in [0.1, 0.15) is 0 Å². The predicted molar refractivity (Wildman–Crippen MR) is 114 cm³/mol. The summed E-state index contributed by atoms with van der Waals surface area (Å²) < 4.78 is 7.58. The normalized spacial score (nSPS) is 10.9. The second kappa shape index (κ2) is 13.4. The molecule has 2 rings (SSSR count). The minimum atomic E-state index is 0.945. The van der Waals surface area contributed by atoms with Crippen LogP contribution in [0, 0.1) is 0 Å². The van der Waals surface area contributed by atoms with Crippen molar-refractivity contribution in [3.63, 3.8) is 0 Å². The fourth-order valence-electron chi connectivity index (χ4n) is 3.47. The fourth-order valence-corrected chi connectivity index (χ4v) is 4.08. The molecule has 0 aromatic heterocycles. The van der Waals surface area contributed by atoms with Gasteiger partial charge in [-0.15, -0.1) is 0 Å². The van der Waals surface area contributed by atoms with Crippen molar-refractivity contribution in [1.82, 2.24) is 0 Å². The first-order chi connectivity index (χ1) is 12.8. The van der Waals surface area contributed by atoms with E-state index in [-0.39, 0.29) is 0 Å². The number of unbranched alkanes of at least 4 members (excludes halogenated alkanes) is 9. The molecule has 0 spiro atoms. The SMILES string of the molecule is CCCCCCCCCCCCc1ccc[c]([Na])c1Oc1ccccc1. The summed E-state index contributed by atoms with van der Waals surface area (Å²) in [4.78, 5) is 0. The average Bonchev–Trinajstić information content (AvgIpc) is 2.66.